The first-order valence-corrected chi connectivity index (χ1v) is 17.0. The average Bonchev–Trinajstić information content (AvgIpc) is 2.80. The summed E-state index contributed by atoms with van der Waals surface area (Å²) in [5.74, 6) is -0.817. The lowest BCUT2D eigenvalue weighted by Gasteiger charge is -2.41. The second kappa shape index (κ2) is 10.8. The van der Waals surface area contributed by atoms with Gasteiger partial charge in [0.2, 0.25) is 0 Å². The van der Waals surface area contributed by atoms with Crippen LogP contribution < -0.4 is 15.6 Å². The van der Waals surface area contributed by atoms with Gasteiger partial charge in [-0.2, -0.15) is 0 Å². The minimum atomic E-state index is -2.52. The lowest BCUT2D eigenvalue weighted by molar-refractivity contribution is 0.628. The standard InChI is InChI=1S/C26H26F3ISi2/c1-3-17-31(19-30,24-11-5-21(27)6-12-24)20-32(18-4-2,25-13-7-22(28)8-14-25)26-15-9-23(29)10-16-26/h3-16H,1-2,17-20H2. The highest BCUT2D eigenvalue weighted by Gasteiger charge is 2.46. The quantitative estimate of drug-likeness (QED) is 0.122. The highest BCUT2D eigenvalue weighted by molar-refractivity contribution is 14.1. The van der Waals surface area contributed by atoms with Crippen molar-refractivity contribution in [1.29, 1.82) is 0 Å². The van der Waals surface area contributed by atoms with Crippen molar-refractivity contribution in [2.45, 2.75) is 17.8 Å². The van der Waals surface area contributed by atoms with Crippen molar-refractivity contribution >= 4 is 54.3 Å². The lowest BCUT2D eigenvalue weighted by atomic mass is 10.3. The largest absolute Gasteiger partial charge is 0.207 e. The van der Waals surface area contributed by atoms with Gasteiger partial charge in [0.05, 0.1) is 8.07 Å². The fourth-order valence-electron chi connectivity index (χ4n) is 4.59. The molecular weight excluding hydrogens is 552 g/mol. The summed E-state index contributed by atoms with van der Waals surface area (Å²) in [6.45, 7) is 8.08. The minimum absolute atomic E-state index is 0.254. The number of benzene rings is 3. The first-order chi connectivity index (χ1) is 15.4. The maximum atomic E-state index is 13.8. The van der Waals surface area contributed by atoms with Crippen LogP contribution in [0.3, 0.4) is 0 Å². The Morgan fingerprint density at radius 1 is 0.625 bits per heavy atom. The van der Waals surface area contributed by atoms with Crippen molar-refractivity contribution < 1.29 is 13.2 Å². The van der Waals surface area contributed by atoms with Crippen molar-refractivity contribution in [2.24, 2.45) is 0 Å². The SMILES string of the molecule is C=CC[Si](CI)(C[Si](CC=C)(c1ccc(F)cc1)c1ccc(F)cc1)c1ccc(F)cc1. The van der Waals surface area contributed by atoms with Crippen molar-refractivity contribution in [3.05, 3.63) is 116 Å². The Bertz CT molecular complexity index is 1000. The molecule has 0 bridgehead atoms. The van der Waals surface area contributed by atoms with Gasteiger partial charge in [-0.25, -0.2) is 13.2 Å². The van der Waals surface area contributed by atoms with Crippen LogP contribution >= 0.6 is 22.6 Å². The fraction of sp³-hybridized carbons (Fsp3) is 0.154. The van der Waals surface area contributed by atoms with Crippen LogP contribution in [0.25, 0.3) is 0 Å². The average molecular weight is 579 g/mol. The molecule has 0 saturated heterocycles. The second-order valence-electron chi connectivity index (χ2n) is 8.18. The van der Waals surface area contributed by atoms with Gasteiger partial charge in [0, 0.05) is 0 Å². The van der Waals surface area contributed by atoms with Gasteiger partial charge in [-0.1, -0.05) is 86.7 Å². The van der Waals surface area contributed by atoms with Gasteiger partial charge in [0.15, 0.2) is 0 Å². The van der Waals surface area contributed by atoms with Gasteiger partial charge >= 0.3 is 0 Å². The minimum Gasteiger partial charge on any atom is -0.207 e. The van der Waals surface area contributed by atoms with Crippen molar-refractivity contribution in [3.63, 3.8) is 0 Å². The number of hydrogen-bond donors (Lipinski definition) is 0. The van der Waals surface area contributed by atoms with Gasteiger partial charge < -0.3 is 0 Å². The Morgan fingerprint density at radius 3 is 1.34 bits per heavy atom. The molecule has 32 heavy (non-hydrogen) atoms. The second-order valence-corrected chi connectivity index (χ2v) is 19.4. The molecule has 0 aliphatic rings. The van der Waals surface area contributed by atoms with Gasteiger partial charge in [0.25, 0.3) is 0 Å². The molecule has 3 aromatic rings. The first kappa shape index (κ1) is 24.7. The molecule has 0 heterocycles. The monoisotopic (exact) mass is 578 g/mol. The van der Waals surface area contributed by atoms with Gasteiger partial charge in [-0.05, 0) is 58.2 Å². The van der Waals surface area contributed by atoms with Crippen LogP contribution in [0.1, 0.15) is 0 Å². The van der Waals surface area contributed by atoms with E-state index in [-0.39, 0.29) is 17.5 Å². The van der Waals surface area contributed by atoms with Crippen molar-refractivity contribution in [1.82, 2.24) is 0 Å². The third kappa shape index (κ3) is 5.18. The van der Waals surface area contributed by atoms with E-state index in [0.29, 0.717) is 0 Å². The summed E-state index contributed by atoms with van der Waals surface area (Å²) < 4.78 is 42.4. The molecule has 1 atom stereocenters. The zero-order valence-corrected chi connectivity index (χ0v) is 22.0. The molecule has 3 aromatic carbocycles. The predicted molar refractivity (Wildman–Crippen MR) is 143 cm³/mol. The Morgan fingerprint density at radius 2 is 1.00 bits per heavy atom. The van der Waals surface area contributed by atoms with E-state index >= 15 is 0 Å². The molecule has 0 amide bonds. The van der Waals surface area contributed by atoms with E-state index in [9.17, 15) is 13.2 Å². The van der Waals surface area contributed by atoms with E-state index in [0.717, 1.165) is 32.2 Å². The molecule has 0 nitrogen and oxygen atoms in total. The Kier molecular flexibility index (Phi) is 8.35. The van der Waals surface area contributed by atoms with Crippen LogP contribution in [0.5, 0.6) is 0 Å². The summed E-state index contributed by atoms with van der Waals surface area (Å²) in [6, 6.07) is 22.0. The lowest BCUT2D eigenvalue weighted by Crippen LogP contribution is -2.66. The summed E-state index contributed by atoms with van der Waals surface area (Å²) in [5.41, 5.74) is 0.907. The number of rotatable bonds is 10. The summed E-state index contributed by atoms with van der Waals surface area (Å²) in [4.78, 5) is 0. The normalized spacial score (nSPS) is 13.4. The van der Waals surface area contributed by atoms with Gasteiger partial charge in [-0.3, -0.25) is 0 Å². The molecule has 6 heteroatoms. The topological polar surface area (TPSA) is 0 Å². The predicted octanol–water partition coefficient (Wildman–Crippen LogP) is 5.91. The Hall–Kier alpha value is -1.91. The zero-order chi connectivity index (χ0) is 23.2. The third-order valence-electron chi connectivity index (χ3n) is 6.17. The van der Waals surface area contributed by atoms with E-state index in [2.05, 4.69) is 35.7 Å². The van der Waals surface area contributed by atoms with Gasteiger partial charge in [0.1, 0.15) is 25.5 Å². The number of alkyl halides is 1. The molecule has 0 aliphatic heterocycles. The number of hydrogen-bond acceptors (Lipinski definition) is 0. The summed E-state index contributed by atoms with van der Waals surface area (Å²) in [5, 5.41) is 3.37. The molecule has 0 aliphatic carbocycles. The highest BCUT2D eigenvalue weighted by Crippen LogP contribution is 2.29. The molecule has 0 radical (unpaired) electrons. The van der Waals surface area contributed by atoms with Crippen LogP contribution in [-0.2, 0) is 0 Å². The smallest absolute Gasteiger partial charge is 0.123 e. The maximum absolute atomic E-state index is 13.8. The zero-order valence-electron chi connectivity index (χ0n) is 17.8. The van der Waals surface area contributed by atoms with E-state index < -0.39 is 16.1 Å². The fourth-order valence-corrected chi connectivity index (χ4v) is 22.7. The summed E-state index contributed by atoms with van der Waals surface area (Å²) >= 11 is 2.45. The van der Waals surface area contributed by atoms with E-state index in [1.54, 1.807) is 0 Å². The van der Waals surface area contributed by atoms with Crippen LogP contribution in [0.15, 0.2) is 98.1 Å². The van der Waals surface area contributed by atoms with Gasteiger partial charge in [-0.15, -0.1) is 13.2 Å². The van der Waals surface area contributed by atoms with Crippen molar-refractivity contribution in [3.8, 4) is 0 Å². The van der Waals surface area contributed by atoms with Crippen LogP contribution in [-0.4, -0.2) is 20.2 Å². The highest BCUT2D eigenvalue weighted by atomic mass is 127. The van der Waals surface area contributed by atoms with Crippen molar-refractivity contribution in [2.75, 3.05) is 4.05 Å². The molecule has 3 rings (SSSR count). The molecular formula is C26H26F3ISi2. The molecule has 0 aromatic heterocycles. The molecule has 0 spiro atoms. The first-order valence-electron chi connectivity index (χ1n) is 10.4. The molecule has 166 valence electrons. The van der Waals surface area contributed by atoms with E-state index in [4.69, 9.17) is 0 Å². The number of allylic oxidation sites excluding steroid dienone is 2. The molecule has 0 fully saturated rings. The molecule has 0 N–H and O–H groups in total. The van der Waals surface area contributed by atoms with Crippen LogP contribution in [0.2, 0.25) is 17.8 Å². The Balaban J connectivity index is 2.27. The summed E-state index contributed by atoms with van der Waals surface area (Å²) in [6.07, 6.45) is 3.90. The van der Waals surface area contributed by atoms with Crippen LogP contribution in [0, 0.1) is 17.5 Å². The van der Waals surface area contributed by atoms with E-state index in [1.807, 2.05) is 48.6 Å². The Labute approximate surface area is 204 Å². The summed E-state index contributed by atoms with van der Waals surface area (Å²) in [7, 11) is -4.73. The maximum Gasteiger partial charge on any atom is 0.123 e. The van der Waals surface area contributed by atoms with E-state index in [1.165, 1.54) is 41.6 Å². The number of halogens is 4. The third-order valence-corrected chi connectivity index (χ3v) is 22.7. The van der Waals surface area contributed by atoms with Crippen LogP contribution in [0.4, 0.5) is 13.2 Å². The molecule has 0 saturated carbocycles. The molecule has 1 unspecified atom stereocenters.